The van der Waals surface area contributed by atoms with E-state index in [0.29, 0.717) is 18.0 Å². The Hall–Kier alpha value is -4.14. The number of fused-ring (bicyclic) bond motifs is 3. The van der Waals surface area contributed by atoms with E-state index in [-0.39, 0.29) is 0 Å². The van der Waals surface area contributed by atoms with E-state index in [1.807, 2.05) is 37.4 Å². The minimum atomic E-state index is -1.09. The van der Waals surface area contributed by atoms with Crippen molar-refractivity contribution in [3.8, 4) is 5.75 Å². The lowest BCUT2D eigenvalue weighted by Gasteiger charge is -2.34. The van der Waals surface area contributed by atoms with Crippen molar-refractivity contribution in [1.82, 2.24) is 9.88 Å². The van der Waals surface area contributed by atoms with E-state index in [9.17, 15) is 9.90 Å². The summed E-state index contributed by atoms with van der Waals surface area (Å²) in [5.41, 5.74) is 12.8. The maximum absolute atomic E-state index is 12.6. The number of anilines is 2. The van der Waals surface area contributed by atoms with Gasteiger partial charge in [0.2, 0.25) is 0 Å². The van der Waals surface area contributed by atoms with Crippen LogP contribution in [0.1, 0.15) is 53.1 Å². The van der Waals surface area contributed by atoms with Gasteiger partial charge < -0.3 is 20.6 Å². The van der Waals surface area contributed by atoms with Gasteiger partial charge in [0.25, 0.3) is 0 Å². The Morgan fingerprint density at radius 1 is 1.17 bits per heavy atom. The molecule has 0 bridgehead atoms. The number of nitrogen functional groups attached to an aromatic ring is 1. The van der Waals surface area contributed by atoms with E-state index in [1.165, 1.54) is 5.01 Å². The van der Waals surface area contributed by atoms with Crippen molar-refractivity contribution >= 4 is 28.1 Å². The quantitative estimate of drug-likeness (QED) is 0.159. The van der Waals surface area contributed by atoms with Crippen LogP contribution in [-0.4, -0.2) is 41.2 Å². The number of aliphatic carboxylic acids is 1. The minimum Gasteiger partial charge on any atom is -0.491 e. The molecule has 0 saturated carbocycles. The molecule has 0 aliphatic carbocycles. The molecule has 0 radical (unpaired) electrons. The maximum Gasteiger partial charge on any atom is 0.310 e. The van der Waals surface area contributed by atoms with Crippen LogP contribution in [0, 0.1) is 19.3 Å². The summed E-state index contributed by atoms with van der Waals surface area (Å²) in [6.45, 7) is 10.4. The largest absolute Gasteiger partial charge is 0.491 e. The zero-order chi connectivity index (χ0) is 29.5. The first-order chi connectivity index (χ1) is 19.5. The number of pyridine rings is 1. The molecule has 41 heavy (non-hydrogen) atoms. The first-order valence-corrected chi connectivity index (χ1v) is 13.9. The normalized spacial score (nSPS) is 14.7. The highest BCUT2D eigenvalue weighted by molar-refractivity contribution is 5.89. The summed E-state index contributed by atoms with van der Waals surface area (Å²) in [6.07, 6.45) is 3.67. The third-order valence-electron chi connectivity index (χ3n) is 8.50. The number of carboxylic acid groups (broad SMARTS) is 1. The maximum atomic E-state index is 12.6. The van der Waals surface area contributed by atoms with Crippen molar-refractivity contribution in [1.29, 1.82) is 0 Å². The number of hydrogen-bond acceptors (Lipinski definition) is 7. The molecule has 214 valence electrons. The predicted octanol–water partition coefficient (Wildman–Crippen LogP) is 5.38. The van der Waals surface area contributed by atoms with E-state index in [0.717, 1.165) is 69.5 Å². The van der Waals surface area contributed by atoms with Crippen LogP contribution in [0.3, 0.4) is 0 Å². The molecule has 1 atom stereocenters. The monoisotopic (exact) mass is 553 g/mol. The van der Waals surface area contributed by atoms with Crippen LogP contribution in [0.4, 0.5) is 11.4 Å². The summed E-state index contributed by atoms with van der Waals surface area (Å²) in [5, 5.41) is 14.0. The number of nitrogens with two attached hydrogens (primary N) is 2. The lowest BCUT2D eigenvalue weighted by atomic mass is 9.69. The lowest BCUT2D eigenvalue weighted by Crippen LogP contribution is -2.33. The van der Waals surface area contributed by atoms with Crippen LogP contribution in [0.25, 0.3) is 10.8 Å². The van der Waals surface area contributed by atoms with Crippen LogP contribution in [0.15, 0.2) is 60.9 Å². The molecule has 3 aromatic carbocycles. The van der Waals surface area contributed by atoms with E-state index in [1.54, 1.807) is 27.1 Å². The van der Waals surface area contributed by atoms with Crippen LogP contribution in [-0.2, 0) is 17.9 Å². The van der Waals surface area contributed by atoms with Gasteiger partial charge in [-0.1, -0.05) is 36.4 Å². The second-order valence-electron chi connectivity index (χ2n) is 11.7. The van der Waals surface area contributed by atoms with Crippen molar-refractivity contribution in [2.45, 2.75) is 46.7 Å². The van der Waals surface area contributed by atoms with Gasteiger partial charge in [0.15, 0.2) is 0 Å². The Morgan fingerprint density at radius 2 is 1.95 bits per heavy atom. The predicted molar refractivity (Wildman–Crippen MR) is 164 cm³/mol. The fourth-order valence-corrected chi connectivity index (χ4v) is 5.95. The third kappa shape index (κ3) is 5.33. The van der Waals surface area contributed by atoms with Gasteiger partial charge in [-0.3, -0.25) is 14.7 Å². The van der Waals surface area contributed by atoms with Gasteiger partial charge in [-0.2, -0.15) is 0 Å². The number of rotatable bonds is 7. The zero-order valence-corrected chi connectivity index (χ0v) is 24.4. The Kier molecular flexibility index (Phi) is 7.64. The molecular formula is C33H39N5O3. The van der Waals surface area contributed by atoms with Crippen molar-refractivity contribution in [2.75, 3.05) is 30.9 Å². The standard InChI is InChI=1S/C33H39N5O3/c1-20-6-7-22(29(33(3,4)32(39)40)26-10-11-28(37(5)35)30(34)21(26)2)16-25(20)19-38-14-15-41-31-24(18-38)9-8-23-17-36-13-12-27(23)31/h6-13,16-17,29H,14-15,18-19,34-35H2,1-5H3,(H,39,40). The van der Waals surface area contributed by atoms with Crippen LogP contribution >= 0.6 is 0 Å². The van der Waals surface area contributed by atoms with E-state index >= 15 is 0 Å². The number of carbonyl (C=O) groups is 1. The number of carboxylic acids is 1. The smallest absolute Gasteiger partial charge is 0.310 e. The molecule has 5 N–H and O–H groups in total. The highest BCUT2D eigenvalue weighted by Crippen LogP contribution is 2.45. The van der Waals surface area contributed by atoms with Gasteiger partial charge in [0.1, 0.15) is 12.4 Å². The molecule has 0 amide bonds. The molecule has 1 aromatic heterocycles. The van der Waals surface area contributed by atoms with Gasteiger partial charge in [0.05, 0.1) is 16.8 Å². The number of hydrazine groups is 1. The summed E-state index contributed by atoms with van der Waals surface area (Å²) < 4.78 is 6.24. The van der Waals surface area contributed by atoms with Crippen LogP contribution < -0.4 is 21.3 Å². The Morgan fingerprint density at radius 3 is 2.68 bits per heavy atom. The minimum absolute atomic E-state index is 0.424. The molecule has 4 aromatic rings. The van der Waals surface area contributed by atoms with Gasteiger partial charge in [-0.15, -0.1) is 0 Å². The average molecular weight is 554 g/mol. The topological polar surface area (TPSA) is 118 Å². The third-order valence-corrected chi connectivity index (χ3v) is 8.50. The zero-order valence-electron chi connectivity index (χ0n) is 24.4. The molecule has 0 saturated heterocycles. The van der Waals surface area contributed by atoms with E-state index in [4.69, 9.17) is 16.3 Å². The van der Waals surface area contributed by atoms with Crippen molar-refractivity contribution in [2.24, 2.45) is 11.3 Å². The molecule has 8 nitrogen and oxygen atoms in total. The fraction of sp³-hybridized carbons (Fsp3) is 0.333. The highest BCUT2D eigenvalue weighted by atomic mass is 16.5. The van der Waals surface area contributed by atoms with E-state index < -0.39 is 17.3 Å². The molecule has 0 fully saturated rings. The van der Waals surface area contributed by atoms with Crippen LogP contribution in [0.2, 0.25) is 0 Å². The van der Waals surface area contributed by atoms with Crippen molar-refractivity contribution < 1.29 is 14.6 Å². The molecule has 8 heteroatoms. The molecule has 1 aliphatic heterocycles. The Balaban J connectivity index is 1.52. The Labute approximate surface area is 241 Å². The number of aryl methyl sites for hydroxylation is 1. The second kappa shape index (κ2) is 11.0. The summed E-state index contributed by atoms with van der Waals surface area (Å²) in [6, 6.07) is 16.4. The average Bonchev–Trinajstić information content (AvgIpc) is 3.14. The SMILES string of the molecule is Cc1ccc(C(c2ccc(N(C)N)c(N)c2C)C(C)(C)C(=O)O)cc1CN1CCOc2c(ccc3cnccc23)C1. The second-order valence-corrected chi connectivity index (χ2v) is 11.7. The summed E-state index contributed by atoms with van der Waals surface area (Å²) in [4.78, 5) is 19.2. The fourth-order valence-electron chi connectivity index (χ4n) is 5.95. The Bertz CT molecular complexity index is 1610. The molecule has 1 aliphatic rings. The molecule has 0 spiro atoms. The summed E-state index contributed by atoms with van der Waals surface area (Å²) >= 11 is 0. The summed E-state index contributed by atoms with van der Waals surface area (Å²) in [7, 11) is 1.74. The number of hydrogen-bond donors (Lipinski definition) is 3. The molecule has 1 unspecified atom stereocenters. The number of benzene rings is 3. The lowest BCUT2D eigenvalue weighted by molar-refractivity contribution is -0.147. The first kappa shape index (κ1) is 28.4. The molecule has 2 heterocycles. The van der Waals surface area contributed by atoms with Gasteiger partial charge in [-0.05, 0) is 67.6 Å². The molecule has 5 rings (SSSR count). The van der Waals surface area contributed by atoms with E-state index in [2.05, 4.69) is 41.1 Å². The van der Waals surface area contributed by atoms with Crippen molar-refractivity contribution in [3.05, 3.63) is 94.3 Å². The summed E-state index contributed by atoms with van der Waals surface area (Å²) in [5.74, 6) is 5.63. The molecular weight excluding hydrogens is 514 g/mol. The van der Waals surface area contributed by atoms with Gasteiger partial charge in [-0.25, -0.2) is 5.84 Å². The number of aromatic nitrogens is 1. The van der Waals surface area contributed by atoms with Crippen LogP contribution in [0.5, 0.6) is 5.75 Å². The van der Waals surface area contributed by atoms with Gasteiger partial charge >= 0.3 is 5.97 Å². The highest BCUT2D eigenvalue weighted by Gasteiger charge is 2.40. The van der Waals surface area contributed by atoms with Gasteiger partial charge in [0, 0.05) is 61.3 Å². The first-order valence-electron chi connectivity index (χ1n) is 13.9. The number of nitrogens with zero attached hydrogens (tertiary/aromatic N) is 3. The number of ether oxygens (including phenoxy) is 1. The van der Waals surface area contributed by atoms with Crippen molar-refractivity contribution in [3.63, 3.8) is 0 Å².